The predicted octanol–water partition coefficient (Wildman–Crippen LogP) is 3.26. The molecule has 2 aromatic rings. The average Bonchev–Trinajstić information content (AvgIpc) is 2.45. The highest BCUT2D eigenvalue weighted by Gasteiger charge is 2.17. The monoisotopic (exact) mass is 326 g/mol. The molecule has 0 bridgehead atoms. The van der Waals surface area contributed by atoms with Gasteiger partial charge in [0.05, 0.1) is 0 Å². The lowest BCUT2D eigenvalue weighted by atomic mass is 10.1. The van der Waals surface area contributed by atoms with Gasteiger partial charge in [-0.1, -0.05) is 0 Å². The van der Waals surface area contributed by atoms with Crippen LogP contribution >= 0.6 is 0 Å². The number of anilines is 2. The lowest BCUT2D eigenvalue weighted by Gasteiger charge is -2.20. The van der Waals surface area contributed by atoms with Gasteiger partial charge in [0, 0.05) is 22.9 Å². The fourth-order valence-corrected chi connectivity index (χ4v) is 2.09. The van der Waals surface area contributed by atoms with E-state index in [4.69, 9.17) is 0 Å². The van der Waals surface area contributed by atoms with E-state index >= 15 is 0 Å². The zero-order valence-corrected chi connectivity index (χ0v) is 14.6. The van der Waals surface area contributed by atoms with Crippen LogP contribution in [0.5, 0.6) is 0 Å². The van der Waals surface area contributed by atoms with Gasteiger partial charge in [0.25, 0.3) is 5.91 Å². The van der Waals surface area contributed by atoms with Crippen LogP contribution in [0.1, 0.15) is 54.4 Å². The highest BCUT2D eigenvalue weighted by atomic mass is 16.2. The number of rotatable bonds is 4. The summed E-state index contributed by atoms with van der Waals surface area (Å²) in [5, 5.41) is 6.01. The molecule has 6 heteroatoms. The van der Waals surface area contributed by atoms with Gasteiger partial charge < -0.3 is 10.6 Å². The van der Waals surface area contributed by atoms with Crippen molar-refractivity contribution in [3.05, 3.63) is 47.4 Å². The Kier molecular flexibility index (Phi) is 4.97. The summed E-state index contributed by atoms with van der Waals surface area (Å²) >= 11 is 0. The third-order valence-corrected chi connectivity index (χ3v) is 3.12. The van der Waals surface area contributed by atoms with Crippen LogP contribution in [0.25, 0.3) is 0 Å². The molecule has 6 nitrogen and oxygen atoms in total. The number of nitrogens with one attached hydrogen (secondary N) is 2. The Morgan fingerprint density at radius 3 is 2.21 bits per heavy atom. The molecule has 0 radical (unpaired) electrons. The van der Waals surface area contributed by atoms with Gasteiger partial charge in [-0.2, -0.15) is 0 Å². The third-order valence-electron chi connectivity index (χ3n) is 3.12. The molecule has 0 atom stereocenters. The van der Waals surface area contributed by atoms with E-state index < -0.39 is 0 Å². The quantitative estimate of drug-likeness (QED) is 0.843. The van der Waals surface area contributed by atoms with Crippen LogP contribution in [-0.4, -0.2) is 27.2 Å². The number of benzene rings is 1. The summed E-state index contributed by atoms with van der Waals surface area (Å²) < 4.78 is 0. The minimum atomic E-state index is -0.341. The molecule has 1 aromatic carbocycles. The fraction of sp³-hybridized carbons (Fsp3) is 0.333. The van der Waals surface area contributed by atoms with Crippen molar-refractivity contribution in [3.8, 4) is 0 Å². The van der Waals surface area contributed by atoms with E-state index in [2.05, 4.69) is 20.6 Å². The number of amides is 1. The van der Waals surface area contributed by atoms with Crippen molar-refractivity contribution in [2.75, 3.05) is 5.32 Å². The maximum Gasteiger partial charge on any atom is 0.270 e. The Morgan fingerprint density at radius 1 is 1.04 bits per heavy atom. The SMILES string of the molecule is CC(=O)c1ccc(Nc2cc(C(=O)NC(C)(C)C)nc(C)n2)cc1. The summed E-state index contributed by atoms with van der Waals surface area (Å²) in [7, 11) is 0. The molecule has 0 aliphatic carbocycles. The number of aryl methyl sites for hydroxylation is 1. The maximum absolute atomic E-state index is 12.3. The van der Waals surface area contributed by atoms with Crippen LogP contribution in [0.4, 0.5) is 11.5 Å². The molecule has 0 aliphatic heterocycles. The van der Waals surface area contributed by atoms with E-state index in [0.717, 1.165) is 5.69 Å². The first-order chi connectivity index (χ1) is 11.1. The van der Waals surface area contributed by atoms with Crippen LogP contribution in [0, 0.1) is 6.92 Å². The van der Waals surface area contributed by atoms with Crippen LogP contribution in [0.15, 0.2) is 30.3 Å². The normalized spacial score (nSPS) is 11.0. The molecular weight excluding hydrogens is 304 g/mol. The lowest BCUT2D eigenvalue weighted by molar-refractivity contribution is 0.0913. The largest absolute Gasteiger partial charge is 0.346 e. The molecule has 0 saturated heterocycles. The summed E-state index contributed by atoms with van der Waals surface area (Å²) in [6.45, 7) is 8.99. The molecule has 2 rings (SSSR count). The first kappa shape index (κ1) is 17.6. The van der Waals surface area contributed by atoms with E-state index in [0.29, 0.717) is 22.9 Å². The molecule has 1 amide bonds. The fourth-order valence-electron chi connectivity index (χ4n) is 2.09. The molecule has 126 valence electrons. The van der Waals surface area contributed by atoms with E-state index in [1.165, 1.54) is 6.92 Å². The van der Waals surface area contributed by atoms with Gasteiger partial charge >= 0.3 is 0 Å². The number of ketones is 1. The van der Waals surface area contributed by atoms with Crippen molar-refractivity contribution in [3.63, 3.8) is 0 Å². The van der Waals surface area contributed by atoms with Gasteiger partial charge in [0.1, 0.15) is 17.3 Å². The topological polar surface area (TPSA) is 84.0 Å². The van der Waals surface area contributed by atoms with E-state index in [9.17, 15) is 9.59 Å². The van der Waals surface area contributed by atoms with Crippen LogP contribution < -0.4 is 10.6 Å². The number of hydrogen-bond acceptors (Lipinski definition) is 5. The Morgan fingerprint density at radius 2 is 1.67 bits per heavy atom. The number of hydrogen-bond donors (Lipinski definition) is 2. The smallest absolute Gasteiger partial charge is 0.270 e. The summed E-state index contributed by atoms with van der Waals surface area (Å²) in [5.41, 5.74) is 1.39. The summed E-state index contributed by atoms with van der Waals surface area (Å²) in [6, 6.07) is 8.68. The molecule has 0 spiro atoms. The number of carbonyl (C=O) groups excluding carboxylic acids is 2. The summed E-state index contributed by atoms with van der Waals surface area (Å²) in [5.74, 6) is 0.792. The average molecular weight is 326 g/mol. The number of nitrogens with zero attached hydrogens (tertiary/aromatic N) is 2. The van der Waals surface area contributed by atoms with Gasteiger partial charge in [-0.3, -0.25) is 9.59 Å². The second kappa shape index (κ2) is 6.78. The van der Waals surface area contributed by atoms with Crippen LogP contribution in [-0.2, 0) is 0 Å². The van der Waals surface area contributed by atoms with Gasteiger partial charge in [-0.15, -0.1) is 0 Å². The third kappa shape index (κ3) is 4.87. The van der Waals surface area contributed by atoms with Crippen molar-refractivity contribution in [2.45, 2.75) is 40.2 Å². The van der Waals surface area contributed by atoms with Crippen molar-refractivity contribution in [1.29, 1.82) is 0 Å². The first-order valence-electron chi connectivity index (χ1n) is 7.70. The molecule has 1 heterocycles. The van der Waals surface area contributed by atoms with Gasteiger partial charge in [-0.05, 0) is 58.9 Å². The Balaban J connectivity index is 2.22. The summed E-state index contributed by atoms with van der Waals surface area (Å²) in [6.07, 6.45) is 0. The van der Waals surface area contributed by atoms with Crippen LogP contribution in [0.3, 0.4) is 0 Å². The molecule has 0 fully saturated rings. The Labute approximate surface area is 141 Å². The minimum Gasteiger partial charge on any atom is -0.346 e. The molecule has 1 aromatic heterocycles. The molecule has 0 aliphatic rings. The van der Waals surface area contributed by atoms with Crippen LogP contribution in [0.2, 0.25) is 0 Å². The van der Waals surface area contributed by atoms with Crippen molar-refractivity contribution in [2.24, 2.45) is 0 Å². The lowest BCUT2D eigenvalue weighted by Crippen LogP contribution is -2.41. The molecule has 0 saturated carbocycles. The van der Waals surface area contributed by atoms with E-state index in [1.807, 2.05) is 20.8 Å². The second-order valence-corrected chi connectivity index (χ2v) is 6.65. The number of Topliss-reactive ketones (excluding diaryl/α,β-unsaturated/α-hetero) is 1. The highest BCUT2D eigenvalue weighted by molar-refractivity contribution is 5.94. The van der Waals surface area contributed by atoms with Gasteiger partial charge in [-0.25, -0.2) is 9.97 Å². The van der Waals surface area contributed by atoms with Crippen molar-refractivity contribution in [1.82, 2.24) is 15.3 Å². The second-order valence-electron chi connectivity index (χ2n) is 6.65. The molecule has 0 unspecified atom stereocenters. The Bertz CT molecular complexity index is 762. The predicted molar refractivity (Wildman–Crippen MR) is 93.7 cm³/mol. The Hall–Kier alpha value is -2.76. The zero-order chi connectivity index (χ0) is 17.9. The van der Waals surface area contributed by atoms with Crippen molar-refractivity contribution >= 4 is 23.2 Å². The zero-order valence-electron chi connectivity index (χ0n) is 14.6. The van der Waals surface area contributed by atoms with Gasteiger partial charge in [0.2, 0.25) is 0 Å². The standard InChI is InChI=1S/C18H22N4O2/c1-11(23)13-6-8-14(9-7-13)21-16-10-15(19-12(2)20-16)17(24)22-18(3,4)5/h6-10H,1-5H3,(H,22,24)(H,19,20,21). The molecule has 2 N–H and O–H groups in total. The number of aromatic nitrogens is 2. The molecule has 24 heavy (non-hydrogen) atoms. The number of carbonyl (C=O) groups is 2. The van der Waals surface area contributed by atoms with Crippen molar-refractivity contribution < 1.29 is 9.59 Å². The summed E-state index contributed by atoms with van der Waals surface area (Å²) in [4.78, 5) is 32.1. The first-order valence-corrected chi connectivity index (χ1v) is 7.70. The minimum absolute atomic E-state index is 0.0144. The molecular formula is C18H22N4O2. The maximum atomic E-state index is 12.3. The van der Waals surface area contributed by atoms with Gasteiger partial charge in [0.15, 0.2) is 5.78 Å². The highest BCUT2D eigenvalue weighted by Crippen LogP contribution is 2.17. The van der Waals surface area contributed by atoms with E-state index in [1.54, 1.807) is 37.3 Å². The van der Waals surface area contributed by atoms with E-state index in [-0.39, 0.29) is 17.2 Å².